The summed E-state index contributed by atoms with van der Waals surface area (Å²) in [5.41, 5.74) is 0. The molecule has 0 radical (unpaired) electrons. The first kappa shape index (κ1) is 16.7. The lowest BCUT2D eigenvalue weighted by Gasteiger charge is -2.27. The minimum absolute atomic E-state index is 0. The number of amides is 1. The van der Waals surface area contributed by atoms with Gasteiger partial charge in [0.05, 0.1) is 0 Å². The van der Waals surface area contributed by atoms with E-state index in [0.717, 1.165) is 52.1 Å². The smallest absolute Gasteiger partial charge is 0.222 e. The van der Waals surface area contributed by atoms with Gasteiger partial charge >= 0.3 is 0 Å². The van der Waals surface area contributed by atoms with Crippen LogP contribution < -0.4 is 10.6 Å². The fraction of sp³-hybridized carbons (Fsp3) is 0.917. The Morgan fingerprint density at radius 3 is 2.65 bits per heavy atom. The van der Waals surface area contributed by atoms with Crippen LogP contribution in [0.5, 0.6) is 0 Å². The molecule has 4 nitrogen and oxygen atoms in total. The maximum absolute atomic E-state index is 11.6. The van der Waals surface area contributed by atoms with Crippen LogP contribution in [0.25, 0.3) is 0 Å². The average molecular weight is 264 g/mol. The SMILES string of the molecule is CCCC(C)C(=O)NCCN1CCNCC1.Cl. The van der Waals surface area contributed by atoms with Gasteiger partial charge in [0, 0.05) is 45.2 Å². The molecule has 1 heterocycles. The van der Waals surface area contributed by atoms with Gasteiger partial charge in [-0.1, -0.05) is 20.3 Å². The zero-order valence-corrected chi connectivity index (χ0v) is 11.8. The predicted molar refractivity (Wildman–Crippen MR) is 73.6 cm³/mol. The molecule has 0 aromatic rings. The van der Waals surface area contributed by atoms with Gasteiger partial charge in [0.15, 0.2) is 0 Å². The van der Waals surface area contributed by atoms with E-state index in [0.29, 0.717) is 0 Å². The highest BCUT2D eigenvalue weighted by Crippen LogP contribution is 2.04. The summed E-state index contributed by atoms with van der Waals surface area (Å²) in [7, 11) is 0. The summed E-state index contributed by atoms with van der Waals surface area (Å²) in [6, 6.07) is 0. The van der Waals surface area contributed by atoms with Crippen molar-refractivity contribution in [2.24, 2.45) is 5.92 Å². The Labute approximate surface area is 111 Å². The second-order valence-electron chi connectivity index (χ2n) is 4.57. The Morgan fingerprint density at radius 1 is 1.41 bits per heavy atom. The van der Waals surface area contributed by atoms with E-state index < -0.39 is 0 Å². The molecule has 102 valence electrons. The Balaban J connectivity index is 0.00000256. The van der Waals surface area contributed by atoms with Gasteiger partial charge in [0.1, 0.15) is 0 Å². The van der Waals surface area contributed by atoms with Gasteiger partial charge in [-0.15, -0.1) is 12.4 Å². The molecule has 1 aliphatic rings. The van der Waals surface area contributed by atoms with Gasteiger partial charge < -0.3 is 10.6 Å². The van der Waals surface area contributed by atoms with Crippen molar-refractivity contribution in [2.45, 2.75) is 26.7 Å². The highest BCUT2D eigenvalue weighted by atomic mass is 35.5. The van der Waals surface area contributed by atoms with E-state index in [4.69, 9.17) is 0 Å². The molecule has 5 heteroatoms. The van der Waals surface area contributed by atoms with Gasteiger partial charge in [0.2, 0.25) is 5.91 Å². The summed E-state index contributed by atoms with van der Waals surface area (Å²) in [4.78, 5) is 14.0. The largest absolute Gasteiger partial charge is 0.355 e. The lowest BCUT2D eigenvalue weighted by Crippen LogP contribution is -2.46. The van der Waals surface area contributed by atoms with E-state index in [2.05, 4.69) is 22.5 Å². The lowest BCUT2D eigenvalue weighted by atomic mass is 10.1. The molecule has 1 aliphatic heterocycles. The van der Waals surface area contributed by atoms with Gasteiger partial charge in [-0.2, -0.15) is 0 Å². The zero-order valence-electron chi connectivity index (χ0n) is 11.0. The lowest BCUT2D eigenvalue weighted by molar-refractivity contribution is -0.124. The highest BCUT2D eigenvalue weighted by molar-refractivity contribution is 5.85. The molecule has 2 N–H and O–H groups in total. The maximum atomic E-state index is 11.6. The molecule has 1 saturated heterocycles. The number of rotatable bonds is 6. The molecule has 0 aliphatic carbocycles. The van der Waals surface area contributed by atoms with E-state index in [-0.39, 0.29) is 24.2 Å². The summed E-state index contributed by atoms with van der Waals surface area (Å²) in [5, 5.41) is 6.33. The molecule has 0 aromatic carbocycles. The second-order valence-corrected chi connectivity index (χ2v) is 4.57. The summed E-state index contributed by atoms with van der Waals surface area (Å²) in [6.07, 6.45) is 2.06. The Kier molecular flexibility index (Phi) is 9.50. The molecular weight excluding hydrogens is 238 g/mol. The molecule has 1 unspecified atom stereocenters. The summed E-state index contributed by atoms with van der Waals surface area (Å²) in [6.45, 7) is 10.2. The van der Waals surface area contributed by atoms with Crippen LogP contribution in [0, 0.1) is 5.92 Å². The monoisotopic (exact) mass is 263 g/mol. The fourth-order valence-electron chi connectivity index (χ4n) is 2.01. The van der Waals surface area contributed by atoms with Crippen LogP contribution in [0.1, 0.15) is 26.7 Å². The topological polar surface area (TPSA) is 44.4 Å². The van der Waals surface area contributed by atoms with Crippen LogP contribution in [0.15, 0.2) is 0 Å². The highest BCUT2D eigenvalue weighted by Gasteiger charge is 2.12. The molecule has 0 saturated carbocycles. The number of halogens is 1. The van der Waals surface area contributed by atoms with Gasteiger partial charge in [-0.05, 0) is 6.42 Å². The van der Waals surface area contributed by atoms with Crippen molar-refractivity contribution in [1.82, 2.24) is 15.5 Å². The first-order chi connectivity index (χ1) is 7.74. The summed E-state index contributed by atoms with van der Waals surface area (Å²) >= 11 is 0. The third-order valence-corrected chi connectivity index (χ3v) is 3.11. The molecular formula is C12H26ClN3O. The number of carbonyl (C=O) groups is 1. The summed E-state index contributed by atoms with van der Waals surface area (Å²) in [5.74, 6) is 0.366. The van der Waals surface area contributed by atoms with Gasteiger partial charge in [0.25, 0.3) is 0 Å². The predicted octanol–water partition coefficient (Wildman–Crippen LogP) is 0.866. The van der Waals surface area contributed by atoms with E-state index in [9.17, 15) is 4.79 Å². The average Bonchev–Trinajstić information content (AvgIpc) is 2.30. The molecule has 1 amide bonds. The molecule has 1 atom stereocenters. The fourth-order valence-corrected chi connectivity index (χ4v) is 2.01. The van der Waals surface area contributed by atoms with Crippen LogP contribution in [0.2, 0.25) is 0 Å². The first-order valence-corrected chi connectivity index (χ1v) is 6.44. The van der Waals surface area contributed by atoms with Crippen LogP contribution in [-0.4, -0.2) is 50.1 Å². The zero-order chi connectivity index (χ0) is 11.8. The van der Waals surface area contributed by atoms with Gasteiger partial charge in [-0.3, -0.25) is 9.69 Å². The van der Waals surface area contributed by atoms with Crippen molar-refractivity contribution < 1.29 is 4.79 Å². The number of nitrogens with one attached hydrogen (secondary N) is 2. The maximum Gasteiger partial charge on any atom is 0.222 e. The van der Waals surface area contributed by atoms with Crippen molar-refractivity contribution in [3.8, 4) is 0 Å². The molecule has 0 bridgehead atoms. The van der Waals surface area contributed by atoms with Crippen LogP contribution in [0.3, 0.4) is 0 Å². The Bertz CT molecular complexity index is 208. The standard InChI is InChI=1S/C12H25N3O.ClH/c1-3-4-11(2)12(16)14-7-10-15-8-5-13-6-9-15;/h11,13H,3-10H2,1-2H3,(H,14,16);1H. The quantitative estimate of drug-likeness (QED) is 0.747. The molecule has 1 fully saturated rings. The third-order valence-electron chi connectivity index (χ3n) is 3.11. The number of hydrogen-bond donors (Lipinski definition) is 2. The van der Waals surface area contributed by atoms with Crippen LogP contribution in [0.4, 0.5) is 0 Å². The van der Waals surface area contributed by atoms with E-state index >= 15 is 0 Å². The number of nitrogens with zero attached hydrogens (tertiary/aromatic N) is 1. The van der Waals surface area contributed by atoms with Crippen molar-refractivity contribution in [3.05, 3.63) is 0 Å². The second kappa shape index (κ2) is 9.68. The number of carbonyl (C=O) groups excluding carboxylic acids is 1. The minimum atomic E-state index is 0. The molecule has 0 spiro atoms. The van der Waals surface area contributed by atoms with E-state index in [1.54, 1.807) is 0 Å². The van der Waals surface area contributed by atoms with E-state index in [1.165, 1.54) is 0 Å². The molecule has 0 aromatic heterocycles. The van der Waals surface area contributed by atoms with Crippen LogP contribution >= 0.6 is 12.4 Å². The minimum Gasteiger partial charge on any atom is -0.355 e. The van der Waals surface area contributed by atoms with Crippen LogP contribution in [-0.2, 0) is 4.79 Å². The first-order valence-electron chi connectivity index (χ1n) is 6.44. The summed E-state index contributed by atoms with van der Waals surface area (Å²) < 4.78 is 0. The number of piperazine rings is 1. The van der Waals surface area contributed by atoms with Crippen molar-refractivity contribution >= 4 is 18.3 Å². The van der Waals surface area contributed by atoms with Crippen molar-refractivity contribution in [3.63, 3.8) is 0 Å². The van der Waals surface area contributed by atoms with Gasteiger partial charge in [-0.25, -0.2) is 0 Å². The third kappa shape index (κ3) is 6.86. The molecule has 17 heavy (non-hydrogen) atoms. The van der Waals surface area contributed by atoms with Crippen molar-refractivity contribution in [1.29, 1.82) is 0 Å². The number of hydrogen-bond acceptors (Lipinski definition) is 3. The molecule has 1 rings (SSSR count). The van der Waals surface area contributed by atoms with Crippen molar-refractivity contribution in [2.75, 3.05) is 39.3 Å². The Hall–Kier alpha value is -0.320. The van der Waals surface area contributed by atoms with E-state index in [1.807, 2.05) is 6.92 Å². The normalized spacial score (nSPS) is 18.2. The Morgan fingerprint density at radius 2 is 2.06 bits per heavy atom.